The molecule has 2 heterocycles. The zero-order valence-corrected chi connectivity index (χ0v) is 16.6. The molecule has 5 rings (SSSR count). The molecule has 1 aromatic rings. The monoisotopic (exact) mass is 369 g/mol. The van der Waals surface area contributed by atoms with Crippen molar-refractivity contribution in [1.29, 1.82) is 0 Å². The molecule has 1 N–H and O–H groups in total. The standard InChI is InChI=1S/C23H31NO3/c1-14-8-7-11-22(3)12-18-19(20-23(14,22)27-20)17(21(25)26-18)13-24-15(2)16-9-5-4-6-10-16/h4-6,9-10,14-15,17-20,24H,7-8,11-13H2,1-3H3/t14-,15-,17+,18+,19+,20+,22+,23+/m0/s1. The highest BCUT2D eigenvalue weighted by atomic mass is 16.6. The van der Waals surface area contributed by atoms with Crippen LogP contribution in [0.3, 0.4) is 0 Å². The Bertz CT molecular complexity index is 736. The summed E-state index contributed by atoms with van der Waals surface area (Å²) in [5.74, 6) is 0.666. The van der Waals surface area contributed by atoms with Crippen molar-refractivity contribution in [2.24, 2.45) is 23.2 Å². The Balaban J connectivity index is 1.34. The van der Waals surface area contributed by atoms with Crippen molar-refractivity contribution in [3.05, 3.63) is 35.9 Å². The van der Waals surface area contributed by atoms with Crippen LogP contribution in [0, 0.1) is 23.2 Å². The van der Waals surface area contributed by atoms with Gasteiger partial charge in [-0.2, -0.15) is 0 Å². The molecule has 1 spiro atoms. The molecule has 2 aliphatic heterocycles. The summed E-state index contributed by atoms with van der Waals surface area (Å²) in [6, 6.07) is 10.6. The maximum Gasteiger partial charge on any atom is 0.311 e. The fourth-order valence-electron chi connectivity index (χ4n) is 6.63. The van der Waals surface area contributed by atoms with Crippen molar-refractivity contribution in [3.8, 4) is 0 Å². The summed E-state index contributed by atoms with van der Waals surface area (Å²) in [5.41, 5.74) is 1.40. The summed E-state index contributed by atoms with van der Waals surface area (Å²) in [6.07, 6.45) is 4.90. The fourth-order valence-corrected chi connectivity index (χ4v) is 6.63. The van der Waals surface area contributed by atoms with E-state index in [0.717, 1.165) is 6.42 Å². The lowest BCUT2D eigenvalue weighted by Gasteiger charge is -2.48. The van der Waals surface area contributed by atoms with Crippen molar-refractivity contribution in [2.45, 2.75) is 70.3 Å². The molecule has 0 unspecified atom stereocenters. The van der Waals surface area contributed by atoms with E-state index in [4.69, 9.17) is 9.47 Å². The summed E-state index contributed by atoms with van der Waals surface area (Å²) >= 11 is 0. The first-order valence-corrected chi connectivity index (χ1v) is 10.6. The van der Waals surface area contributed by atoms with Crippen molar-refractivity contribution < 1.29 is 14.3 Å². The van der Waals surface area contributed by atoms with E-state index in [2.05, 4.69) is 50.4 Å². The van der Waals surface area contributed by atoms with Crippen LogP contribution in [0.1, 0.15) is 58.1 Å². The molecule has 1 aromatic carbocycles. The molecule has 2 saturated heterocycles. The molecule has 8 atom stereocenters. The van der Waals surface area contributed by atoms with Gasteiger partial charge in [0.25, 0.3) is 0 Å². The molecule has 4 heteroatoms. The predicted octanol–water partition coefficient (Wildman–Crippen LogP) is 3.86. The Morgan fingerprint density at radius 2 is 2.07 bits per heavy atom. The average molecular weight is 370 g/mol. The summed E-state index contributed by atoms with van der Waals surface area (Å²) in [5, 5.41) is 3.58. The number of carbonyl (C=O) groups excluding carboxylic acids is 1. The number of esters is 1. The van der Waals surface area contributed by atoms with Crippen molar-refractivity contribution in [2.75, 3.05) is 6.54 Å². The van der Waals surface area contributed by atoms with Gasteiger partial charge >= 0.3 is 5.97 Å². The van der Waals surface area contributed by atoms with Crippen LogP contribution in [0.25, 0.3) is 0 Å². The van der Waals surface area contributed by atoms with Crippen LogP contribution in [-0.2, 0) is 14.3 Å². The normalized spacial score (nSPS) is 46.0. The van der Waals surface area contributed by atoms with Gasteiger partial charge in [-0.3, -0.25) is 4.79 Å². The van der Waals surface area contributed by atoms with Gasteiger partial charge < -0.3 is 14.8 Å². The Morgan fingerprint density at radius 1 is 1.30 bits per heavy atom. The second-order valence-electron chi connectivity index (χ2n) is 9.59. The number of nitrogens with one attached hydrogen (secondary N) is 1. The zero-order chi connectivity index (χ0) is 18.8. The third kappa shape index (κ3) is 2.45. The molecule has 0 radical (unpaired) electrons. The van der Waals surface area contributed by atoms with Gasteiger partial charge in [-0.15, -0.1) is 0 Å². The molecular weight excluding hydrogens is 338 g/mol. The van der Waals surface area contributed by atoms with Crippen molar-refractivity contribution >= 4 is 5.97 Å². The molecule has 0 amide bonds. The van der Waals surface area contributed by atoms with Crippen LogP contribution in [0.4, 0.5) is 0 Å². The summed E-state index contributed by atoms with van der Waals surface area (Å²) in [6.45, 7) is 7.54. The van der Waals surface area contributed by atoms with Gasteiger partial charge in [0.1, 0.15) is 11.7 Å². The maximum absolute atomic E-state index is 12.7. The lowest BCUT2D eigenvalue weighted by atomic mass is 9.53. The van der Waals surface area contributed by atoms with E-state index >= 15 is 0 Å². The van der Waals surface area contributed by atoms with Gasteiger partial charge in [0.15, 0.2) is 0 Å². The van der Waals surface area contributed by atoms with E-state index in [1.54, 1.807) is 0 Å². The highest BCUT2D eigenvalue weighted by molar-refractivity contribution is 5.76. The minimum atomic E-state index is -0.0933. The Kier molecular flexibility index (Phi) is 3.97. The van der Waals surface area contributed by atoms with Crippen molar-refractivity contribution in [3.63, 3.8) is 0 Å². The van der Waals surface area contributed by atoms with E-state index in [0.29, 0.717) is 12.5 Å². The topological polar surface area (TPSA) is 50.9 Å². The first-order valence-electron chi connectivity index (χ1n) is 10.6. The van der Waals surface area contributed by atoms with Gasteiger partial charge in [-0.25, -0.2) is 0 Å². The average Bonchev–Trinajstić information content (AvgIpc) is 3.34. The number of fused-ring (bicyclic) bond motifs is 2. The molecule has 0 bridgehead atoms. The van der Waals surface area contributed by atoms with Crippen molar-refractivity contribution in [1.82, 2.24) is 5.32 Å². The largest absolute Gasteiger partial charge is 0.462 e. The number of carbonyl (C=O) groups is 1. The van der Waals surface area contributed by atoms with E-state index in [-0.39, 0.29) is 47.1 Å². The quantitative estimate of drug-likeness (QED) is 0.647. The molecule has 4 aliphatic rings. The summed E-state index contributed by atoms with van der Waals surface area (Å²) in [7, 11) is 0. The highest BCUT2D eigenvalue weighted by Gasteiger charge is 2.78. The van der Waals surface area contributed by atoms with Crippen LogP contribution >= 0.6 is 0 Å². The van der Waals surface area contributed by atoms with Gasteiger partial charge in [-0.05, 0) is 37.7 Å². The predicted molar refractivity (Wildman–Crippen MR) is 103 cm³/mol. The molecule has 0 aromatic heterocycles. The SMILES string of the molecule is C[C@H](NC[C@H]1C(=O)O[C@@H]2C[C@@]3(C)CCC[C@H](C)[C@]34O[C@@H]4[C@@H]21)c1ccccc1. The number of hydrogen-bond acceptors (Lipinski definition) is 4. The zero-order valence-electron chi connectivity index (χ0n) is 16.6. The van der Waals surface area contributed by atoms with E-state index < -0.39 is 0 Å². The lowest BCUT2D eigenvalue weighted by Crippen LogP contribution is -2.54. The molecule has 27 heavy (non-hydrogen) atoms. The third-order valence-electron chi connectivity index (χ3n) is 8.14. The number of rotatable bonds is 4. The number of benzene rings is 1. The number of hydrogen-bond donors (Lipinski definition) is 1. The second kappa shape index (κ2) is 6.05. The smallest absolute Gasteiger partial charge is 0.311 e. The molecule has 2 aliphatic carbocycles. The lowest BCUT2D eigenvalue weighted by molar-refractivity contribution is -0.146. The molecular formula is C23H31NO3. The van der Waals surface area contributed by atoms with Gasteiger partial charge in [0, 0.05) is 23.9 Å². The van der Waals surface area contributed by atoms with Crippen LogP contribution in [0.5, 0.6) is 0 Å². The van der Waals surface area contributed by atoms with Gasteiger partial charge in [-0.1, -0.05) is 50.6 Å². The molecule has 4 fully saturated rings. The highest BCUT2D eigenvalue weighted by Crippen LogP contribution is 2.70. The Morgan fingerprint density at radius 3 is 2.85 bits per heavy atom. The van der Waals surface area contributed by atoms with Gasteiger partial charge in [0.2, 0.25) is 0 Å². The molecule has 146 valence electrons. The van der Waals surface area contributed by atoms with Crippen LogP contribution in [-0.4, -0.2) is 30.3 Å². The first kappa shape index (κ1) is 17.7. The molecule has 4 nitrogen and oxygen atoms in total. The van der Waals surface area contributed by atoms with Crippen LogP contribution < -0.4 is 5.32 Å². The Hall–Kier alpha value is -1.39. The maximum atomic E-state index is 12.7. The minimum absolute atomic E-state index is 0.0102. The number of ether oxygens (including phenoxy) is 2. The fraction of sp³-hybridized carbons (Fsp3) is 0.696. The van der Waals surface area contributed by atoms with Crippen LogP contribution in [0.2, 0.25) is 0 Å². The summed E-state index contributed by atoms with van der Waals surface area (Å²) < 4.78 is 12.4. The van der Waals surface area contributed by atoms with E-state index in [1.165, 1.54) is 24.8 Å². The number of epoxide rings is 1. The third-order valence-corrected chi connectivity index (χ3v) is 8.14. The Labute approximate surface area is 162 Å². The van der Waals surface area contributed by atoms with E-state index in [1.807, 2.05) is 6.07 Å². The molecule has 2 saturated carbocycles. The van der Waals surface area contributed by atoms with Gasteiger partial charge in [0.05, 0.1) is 12.0 Å². The van der Waals surface area contributed by atoms with Crippen LogP contribution in [0.15, 0.2) is 30.3 Å². The van der Waals surface area contributed by atoms with E-state index in [9.17, 15) is 4.79 Å². The second-order valence-corrected chi connectivity index (χ2v) is 9.59. The summed E-state index contributed by atoms with van der Waals surface area (Å²) in [4.78, 5) is 12.7. The first-order chi connectivity index (χ1) is 13.0. The minimum Gasteiger partial charge on any atom is -0.462 e.